The van der Waals surface area contributed by atoms with E-state index in [1.165, 1.54) is 9.09 Å². The zero-order chi connectivity index (χ0) is 8.97. The number of aryl methyl sites for hydroxylation is 1. The standard InChI is InChI=1S/C9H14OS2/c1-3-8-5-7(6-10)9(12-8)11-4-2/h5,10H,3-4,6H2,1-2H3. The van der Waals surface area contributed by atoms with Crippen LogP contribution in [0.1, 0.15) is 24.3 Å². The molecule has 1 aromatic heterocycles. The van der Waals surface area contributed by atoms with Crippen molar-refractivity contribution in [1.82, 2.24) is 0 Å². The van der Waals surface area contributed by atoms with Gasteiger partial charge in [0.1, 0.15) is 0 Å². The summed E-state index contributed by atoms with van der Waals surface area (Å²) in [6.45, 7) is 4.46. The molecule has 0 atom stereocenters. The van der Waals surface area contributed by atoms with Crippen molar-refractivity contribution in [3.05, 3.63) is 16.5 Å². The van der Waals surface area contributed by atoms with E-state index >= 15 is 0 Å². The van der Waals surface area contributed by atoms with Gasteiger partial charge < -0.3 is 5.11 Å². The Morgan fingerprint density at radius 2 is 2.25 bits per heavy atom. The maximum absolute atomic E-state index is 9.05. The minimum atomic E-state index is 0.179. The number of thioether (sulfide) groups is 1. The second-order valence-electron chi connectivity index (χ2n) is 2.47. The summed E-state index contributed by atoms with van der Waals surface area (Å²) >= 11 is 3.63. The average Bonchev–Trinajstić information content (AvgIpc) is 2.48. The molecule has 0 aromatic carbocycles. The molecule has 0 spiro atoms. The first-order valence-electron chi connectivity index (χ1n) is 4.17. The second-order valence-corrected chi connectivity index (χ2v) is 5.14. The third-order valence-corrected chi connectivity index (χ3v) is 4.15. The van der Waals surface area contributed by atoms with Crippen LogP contribution in [0.25, 0.3) is 0 Å². The summed E-state index contributed by atoms with van der Waals surface area (Å²) in [4.78, 5) is 1.37. The maximum Gasteiger partial charge on any atom is 0.0701 e. The van der Waals surface area contributed by atoms with Crippen LogP contribution in [0.5, 0.6) is 0 Å². The second kappa shape index (κ2) is 4.90. The summed E-state index contributed by atoms with van der Waals surface area (Å²) in [5, 5.41) is 9.05. The maximum atomic E-state index is 9.05. The van der Waals surface area contributed by atoms with Gasteiger partial charge >= 0.3 is 0 Å². The van der Waals surface area contributed by atoms with E-state index in [0.29, 0.717) is 0 Å². The summed E-state index contributed by atoms with van der Waals surface area (Å²) in [6.07, 6.45) is 1.07. The van der Waals surface area contributed by atoms with Gasteiger partial charge in [-0.05, 0) is 18.2 Å². The smallest absolute Gasteiger partial charge is 0.0701 e. The molecular weight excluding hydrogens is 188 g/mol. The van der Waals surface area contributed by atoms with Gasteiger partial charge in [-0.25, -0.2) is 0 Å². The van der Waals surface area contributed by atoms with Crippen LogP contribution >= 0.6 is 23.1 Å². The van der Waals surface area contributed by atoms with Crippen LogP contribution in [0.15, 0.2) is 10.3 Å². The quantitative estimate of drug-likeness (QED) is 0.758. The van der Waals surface area contributed by atoms with E-state index in [0.717, 1.165) is 17.7 Å². The van der Waals surface area contributed by atoms with Crippen molar-refractivity contribution in [1.29, 1.82) is 0 Å². The highest BCUT2D eigenvalue weighted by Gasteiger charge is 2.06. The molecule has 0 amide bonds. The lowest BCUT2D eigenvalue weighted by Crippen LogP contribution is -1.80. The van der Waals surface area contributed by atoms with E-state index in [1.807, 2.05) is 23.1 Å². The van der Waals surface area contributed by atoms with E-state index in [9.17, 15) is 0 Å². The lowest BCUT2D eigenvalue weighted by atomic mass is 10.3. The summed E-state index contributed by atoms with van der Waals surface area (Å²) < 4.78 is 1.29. The number of aliphatic hydroxyl groups excluding tert-OH is 1. The van der Waals surface area contributed by atoms with Crippen LogP contribution < -0.4 is 0 Å². The van der Waals surface area contributed by atoms with E-state index in [-0.39, 0.29) is 6.61 Å². The molecule has 0 unspecified atom stereocenters. The van der Waals surface area contributed by atoms with Crippen molar-refractivity contribution in [3.63, 3.8) is 0 Å². The Morgan fingerprint density at radius 1 is 1.50 bits per heavy atom. The predicted octanol–water partition coefficient (Wildman–Crippen LogP) is 2.91. The van der Waals surface area contributed by atoms with E-state index in [2.05, 4.69) is 19.9 Å². The Labute approximate surface area is 81.8 Å². The van der Waals surface area contributed by atoms with Crippen molar-refractivity contribution in [3.8, 4) is 0 Å². The lowest BCUT2D eigenvalue weighted by Gasteiger charge is -1.95. The molecule has 0 saturated heterocycles. The van der Waals surface area contributed by atoms with Crippen LogP contribution in [0, 0.1) is 0 Å². The van der Waals surface area contributed by atoms with E-state index in [1.54, 1.807) is 0 Å². The zero-order valence-corrected chi connectivity index (χ0v) is 9.10. The molecule has 0 saturated carbocycles. The lowest BCUT2D eigenvalue weighted by molar-refractivity contribution is 0.280. The summed E-state index contributed by atoms with van der Waals surface area (Å²) in [6, 6.07) is 2.11. The van der Waals surface area contributed by atoms with Gasteiger partial charge in [0, 0.05) is 10.4 Å². The van der Waals surface area contributed by atoms with Gasteiger partial charge in [0.05, 0.1) is 10.8 Å². The Morgan fingerprint density at radius 3 is 2.75 bits per heavy atom. The molecule has 12 heavy (non-hydrogen) atoms. The zero-order valence-electron chi connectivity index (χ0n) is 7.46. The highest BCUT2D eigenvalue weighted by molar-refractivity contribution is 8.01. The van der Waals surface area contributed by atoms with Gasteiger partial charge in [-0.15, -0.1) is 23.1 Å². The van der Waals surface area contributed by atoms with Gasteiger partial charge in [-0.2, -0.15) is 0 Å². The van der Waals surface area contributed by atoms with Gasteiger partial charge in [0.2, 0.25) is 0 Å². The summed E-state index contributed by atoms with van der Waals surface area (Å²) in [5.41, 5.74) is 1.10. The van der Waals surface area contributed by atoms with Gasteiger partial charge in [-0.1, -0.05) is 13.8 Å². The van der Waals surface area contributed by atoms with Crippen LogP contribution in [0.2, 0.25) is 0 Å². The molecule has 0 bridgehead atoms. The van der Waals surface area contributed by atoms with Gasteiger partial charge in [-0.3, -0.25) is 0 Å². The van der Waals surface area contributed by atoms with Gasteiger partial charge in [0.25, 0.3) is 0 Å². The van der Waals surface area contributed by atoms with Crippen molar-refractivity contribution < 1.29 is 5.11 Å². The van der Waals surface area contributed by atoms with Crippen molar-refractivity contribution in [2.45, 2.75) is 31.1 Å². The van der Waals surface area contributed by atoms with Crippen LogP contribution in [0.4, 0.5) is 0 Å². The van der Waals surface area contributed by atoms with Crippen LogP contribution in [0.3, 0.4) is 0 Å². The predicted molar refractivity (Wildman–Crippen MR) is 56.0 cm³/mol. The monoisotopic (exact) mass is 202 g/mol. The van der Waals surface area contributed by atoms with E-state index < -0.39 is 0 Å². The third-order valence-electron chi connectivity index (χ3n) is 1.62. The molecule has 3 heteroatoms. The first kappa shape index (κ1) is 10.1. The number of hydrogen-bond acceptors (Lipinski definition) is 3. The molecule has 0 aliphatic rings. The molecule has 1 nitrogen and oxygen atoms in total. The summed E-state index contributed by atoms with van der Waals surface area (Å²) in [5.74, 6) is 1.08. The van der Waals surface area contributed by atoms with E-state index in [4.69, 9.17) is 5.11 Å². The highest BCUT2D eigenvalue weighted by Crippen LogP contribution is 2.32. The number of thiophene rings is 1. The Bertz CT molecular complexity index is 243. The Kier molecular flexibility index (Phi) is 4.12. The fourth-order valence-corrected chi connectivity index (χ4v) is 3.32. The molecule has 0 fully saturated rings. The van der Waals surface area contributed by atoms with Gasteiger partial charge in [0.15, 0.2) is 0 Å². The average molecular weight is 202 g/mol. The van der Waals surface area contributed by atoms with Crippen molar-refractivity contribution in [2.75, 3.05) is 5.75 Å². The largest absolute Gasteiger partial charge is 0.392 e. The molecule has 0 radical (unpaired) electrons. The first-order valence-corrected chi connectivity index (χ1v) is 5.97. The first-order chi connectivity index (χ1) is 5.81. The minimum Gasteiger partial charge on any atom is -0.392 e. The fraction of sp³-hybridized carbons (Fsp3) is 0.556. The molecule has 68 valence electrons. The van der Waals surface area contributed by atoms with Crippen molar-refractivity contribution >= 4 is 23.1 Å². The Hall–Kier alpha value is 0.01000. The fourth-order valence-electron chi connectivity index (χ4n) is 1.01. The Balaban J connectivity index is 2.84. The molecule has 1 heterocycles. The molecule has 1 aromatic rings. The number of aliphatic hydroxyl groups is 1. The normalized spacial score (nSPS) is 10.6. The molecule has 1 N–H and O–H groups in total. The topological polar surface area (TPSA) is 20.2 Å². The van der Waals surface area contributed by atoms with Crippen LogP contribution in [-0.4, -0.2) is 10.9 Å². The number of rotatable bonds is 4. The molecule has 1 rings (SSSR count). The highest BCUT2D eigenvalue weighted by atomic mass is 32.2. The SMILES string of the molecule is CCSc1sc(CC)cc1CO. The summed E-state index contributed by atoms with van der Waals surface area (Å²) in [7, 11) is 0. The third kappa shape index (κ3) is 2.25. The molecule has 0 aliphatic heterocycles. The number of hydrogen-bond donors (Lipinski definition) is 1. The minimum absolute atomic E-state index is 0.179. The van der Waals surface area contributed by atoms with Crippen LogP contribution in [-0.2, 0) is 13.0 Å². The van der Waals surface area contributed by atoms with Crippen molar-refractivity contribution in [2.24, 2.45) is 0 Å². The molecular formula is C9H14OS2. The molecule has 0 aliphatic carbocycles.